The first-order valence-corrected chi connectivity index (χ1v) is 7.66. The standard InChI is InChI=1S/C17H18BrNO/c1-11-3-6-13(9-16(11)18)19-17-8-5-12-4-7-14(20-2)10-15(12)17/h3-4,6-7,9-10,17,19H,5,8H2,1-2H3. The molecule has 2 aromatic rings. The van der Waals surface area contributed by atoms with E-state index in [2.05, 4.69) is 58.5 Å². The number of nitrogens with one attached hydrogen (secondary N) is 1. The number of hydrogen-bond acceptors (Lipinski definition) is 2. The second-order valence-corrected chi connectivity index (χ2v) is 6.12. The van der Waals surface area contributed by atoms with Crippen LogP contribution in [0.25, 0.3) is 0 Å². The minimum absolute atomic E-state index is 0.370. The Balaban J connectivity index is 1.85. The van der Waals surface area contributed by atoms with Gasteiger partial charge in [0.05, 0.1) is 13.2 Å². The summed E-state index contributed by atoms with van der Waals surface area (Å²) in [6, 6.07) is 13.2. The molecule has 0 spiro atoms. The van der Waals surface area contributed by atoms with Crippen molar-refractivity contribution in [2.24, 2.45) is 0 Å². The summed E-state index contributed by atoms with van der Waals surface area (Å²) in [4.78, 5) is 0. The molecule has 0 fully saturated rings. The third kappa shape index (κ3) is 2.55. The molecule has 0 amide bonds. The van der Waals surface area contributed by atoms with E-state index < -0.39 is 0 Å². The molecule has 0 aromatic heterocycles. The number of fused-ring (bicyclic) bond motifs is 1. The fourth-order valence-electron chi connectivity index (χ4n) is 2.74. The van der Waals surface area contributed by atoms with E-state index >= 15 is 0 Å². The summed E-state index contributed by atoms with van der Waals surface area (Å²) in [5.74, 6) is 0.933. The molecule has 1 unspecified atom stereocenters. The molecular weight excluding hydrogens is 314 g/mol. The first-order valence-electron chi connectivity index (χ1n) is 6.87. The lowest BCUT2D eigenvalue weighted by Crippen LogP contribution is -2.07. The van der Waals surface area contributed by atoms with E-state index in [0.29, 0.717) is 6.04 Å². The first-order chi connectivity index (χ1) is 9.67. The van der Waals surface area contributed by atoms with Gasteiger partial charge in [-0.05, 0) is 60.7 Å². The lowest BCUT2D eigenvalue weighted by atomic mass is 10.1. The summed E-state index contributed by atoms with van der Waals surface area (Å²) in [5, 5.41) is 3.63. The van der Waals surface area contributed by atoms with Crippen LogP contribution in [0.5, 0.6) is 5.75 Å². The van der Waals surface area contributed by atoms with Crippen molar-refractivity contribution in [2.45, 2.75) is 25.8 Å². The number of methoxy groups -OCH3 is 1. The topological polar surface area (TPSA) is 21.3 Å². The van der Waals surface area contributed by atoms with Crippen LogP contribution in [0.15, 0.2) is 40.9 Å². The van der Waals surface area contributed by atoms with Crippen LogP contribution in [0, 0.1) is 6.92 Å². The monoisotopic (exact) mass is 331 g/mol. The van der Waals surface area contributed by atoms with Crippen LogP contribution >= 0.6 is 15.9 Å². The zero-order chi connectivity index (χ0) is 14.1. The summed E-state index contributed by atoms with van der Waals surface area (Å²) in [6.45, 7) is 2.10. The Morgan fingerprint density at radius 3 is 2.80 bits per heavy atom. The van der Waals surface area contributed by atoms with Gasteiger partial charge in [-0.2, -0.15) is 0 Å². The number of rotatable bonds is 3. The van der Waals surface area contributed by atoms with Gasteiger partial charge in [-0.25, -0.2) is 0 Å². The third-order valence-electron chi connectivity index (χ3n) is 3.94. The lowest BCUT2D eigenvalue weighted by molar-refractivity contribution is 0.414. The van der Waals surface area contributed by atoms with E-state index in [1.807, 2.05) is 6.07 Å². The summed E-state index contributed by atoms with van der Waals surface area (Å²) >= 11 is 3.59. The number of benzene rings is 2. The van der Waals surface area contributed by atoms with Crippen molar-refractivity contribution in [3.8, 4) is 5.75 Å². The second kappa shape index (κ2) is 5.49. The molecular formula is C17H18BrNO. The Labute approximate surface area is 128 Å². The molecule has 0 radical (unpaired) electrons. The minimum Gasteiger partial charge on any atom is -0.497 e. The van der Waals surface area contributed by atoms with Crippen LogP contribution in [0.2, 0.25) is 0 Å². The molecule has 1 N–H and O–H groups in total. The third-order valence-corrected chi connectivity index (χ3v) is 4.80. The van der Waals surface area contributed by atoms with Gasteiger partial charge in [0.25, 0.3) is 0 Å². The number of anilines is 1. The SMILES string of the molecule is COc1ccc2c(c1)C(Nc1ccc(C)c(Br)c1)CC2. The smallest absolute Gasteiger partial charge is 0.119 e. The number of ether oxygens (including phenoxy) is 1. The van der Waals surface area contributed by atoms with Crippen LogP contribution in [-0.2, 0) is 6.42 Å². The maximum Gasteiger partial charge on any atom is 0.119 e. The summed E-state index contributed by atoms with van der Waals surface area (Å²) < 4.78 is 6.48. The zero-order valence-electron chi connectivity index (χ0n) is 11.7. The number of hydrogen-bond donors (Lipinski definition) is 1. The fourth-order valence-corrected chi connectivity index (χ4v) is 3.12. The molecule has 1 atom stereocenters. The van der Waals surface area contributed by atoms with Gasteiger partial charge in [-0.15, -0.1) is 0 Å². The van der Waals surface area contributed by atoms with Crippen LogP contribution in [0.1, 0.15) is 29.2 Å². The minimum atomic E-state index is 0.370. The van der Waals surface area contributed by atoms with Crippen molar-refractivity contribution in [1.82, 2.24) is 0 Å². The molecule has 0 bridgehead atoms. The Bertz CT molecular complexity index is 639. The quantitative estimate of drug-likeness (QED) is 0.866. The van der Waals surface area contributed by atoms with Gasteiger partial charge < -0.3 is 10.1 Å². The first kappa shape index (κ1) is 13.5. The summed E-state index contributed by atoms with van der Waals surface area (Å²) in [5.41, 5.74) is 5.20. The Morgan fingerprint density at radius 1 is 1.20 bits per heavy atom. The maximum absolute atomic E-state index is 5.34. The van der Waals surface area contributed by atoms with Crippen LogP contribution < -0.4 is 10.1 Å². The van der Waals surface area contributed by atoms with E-state index in [-0.39, 0.29) is 0 Å². The number of aryl methyl sites for hydroxylation is 2. The molecule has 2 aromatic carbocycles. The molecule has 0 heterocycles. The molecule has 0 aliphatic heterocycles. The molecule has 0 saturated heterocycles. The zero-order valence-corrected chi connectivity index (χ0v) is 13.3. The summed E-state index contributed by atoms with van der Waals surface area (Å²) in [6.07, 6.45) is 2.26. The average molecular weight is 332 g/mol. The van der Waals surface area contributed by atoms with E-state index in [1.54, 1.807) is 7.11 Å². The predicted octanol–water partition coefficient (Wildman–Crippen LogP) is 4.87. The molecule has 3 rings (SSSR count). The van der Waals surface area contributed by atoms with Crippen LogP contribution in [0.3, 0.4) is 0 Å². The lowest BCUT2D eigenvalue weighted by Gasteiger charge is -2.17. The molecule has 104 valence electrons. The van der Waals surface area contributed by atoms with Gasteiger partial charge in [0.1, 0.15) is 5.75 Å². The Morgan fingerprint density at radius 2 is 2.05 bits per heavy atom. The molecule has 0 saturated carbocycles. The molecule has 1 aliphatic rings. The highest BCUT2D eigenvalue weighted by atomic mass is 79.9. The van der Waals surface area contributed by atoms with Crippen molar-refractivity contribution < 1.29 is 4.74 Å². The van der Waals surface area contributed by atoms with Gasteiger partial charge in [0.15, 0.2) is 0 Å². The van der Waals surface area contributed by atoms with Crippen molar-refractivity contribution in [1.29, 1.82) is 0 Å². The van der Waals surface area contributed by atoms with Crippen molar-refractivity contribution in [2.75, 3.05) is 12.4 Å². The van der Waals surface area contributed by atoms with Crippen molar-refractivity contribution >= 4 is 21.6 Å². The molecule has 2 nitrogen and oxygen atoms in total. The van der Waals surface area contributed by atoms with E-state index in [1.165, 1.54) is 16.7 Å². The summed E-state index contributed by atoms with van der Waals surface area (Å²) in [7, 11) is 1.72. The van der Waals surface area contributed by atoms with Crippen molar-refractivity contribution in [3.63, 3.8) is 0 Å². The van der Waals surface area contributed by atoms with Crippen molar-refractivity contribution in [3.05, 3.63) is 57.6 Å². The Kier molecular flexibility index (Phi) is 3.70. The Hall–Kier alpha value is -1.48. The van der Waals surface area contributed by atoms with Gasteiger partial charge >= 0.3 is 0 Å². The van der Waals surface area contributed by atoms with Gasteiger partial charge in [-0.3, -0.25) is 0 Å². The highest BCUT2D eigenvalue weighted by molar-refractivity contribution is 9.10. The highest BCUT2D eigenvalue weighted by Crippen LogP contribution is 2.36. The molecule has 20 heavy (non-hydrogen) atoms. The maximum atomic E-state index is 5.34. The average Bonchev–Trinajstić information content (AvgIpc) is 2.85. The van der Waals surface area contributed by atoms with Gasteiger partial charge in [0.2, 0.25) is 0 Å². The van der Waals surface area contributed by atoms with Crippen LogP contribution in [0.4, 0.5) is 5.69 Å². The largest absolute Gasteiger partial charge is 0.497 e. The normalized spacial score (nSPS) is 16.9. The number of halogens is 1. The fraction of sp³-hybridized carbons (Fsp3) is 0.294. The van der Waals surface area contributed by atoms with E-state index in [0.717, 1.165) is 28.8 Å². The van der Waals surface area contributed by atoms with E-state index in [4.69, 9.17) is 4.74 Å². The van der Waals surface area contributed by atoms with Crippen LogP contribution in [-0.4, -0.2) is 7.11 Å². The van der Waals surface area contributed by atoms with Gasteiger partial charge in [-0.1, -0.05) is 28.1 Å². The molecule has 1 aliphatic carbocycles. The molecule has 3 heteroatoms. The second-order valence-electron chi connectivity index (χ2n) is 5.26. The van der Waals surface area contributed by atoms with Gasteiger partial charge in [0, 0.05) is 10.2 Å². The predicted molar refractivity (Wildman–Crippen MR) is 86.6 cm³/mol. The highest BCUT2D eigenvalue weighted by Gasteiger charge is 2.22. The van der Waals surface area contributed by atoms with E-state index in [9.17, 15) is 0 Å².